The number of benzene rings is 6. The van der Waals surface area contributed by atoms with E-state index in [1.807, 2.05) is 79.7 Å². The average molecular weight is 813 g/mol. The Morgan fingerprint density at radius 2 is 1.00 bits per heavy atom. The number of allylic oxidation sites excluding steroid dienone is 1. The predicted molar refractivity (Wildman–Crippen MR) is 266 cm³/mol. The molecule has 7 rings (SSSR count). The normalized spacial score (nSPS) is 12.1. The molecule has 0 radical (unpaired) electrons. The number of Topliss-reactive ketones (excluding diaryl/α,β-unsaturated/α-hetero) is 1. The van der Waals surface area contributed by atoms with Crippen molar-refractivity contribution in [3.63, 3.8) is 0 Å². The molecule has 1 unspecified atom stereocenters. The highest BCUT2D eigenvalue weighted by atomic mass is 28.3. The lowest BCUT2D eigenvalue weighted by molar-refractivity contribution is -0.117. The number of rotatable bonds is 12. The number of carbonyl (C=O) groups is 2. The fourth-order valence-corrected chi connectivity index (χ4v) is 9.32. The first-order valence-corrected chi connectivity index (χ1v) is 23.4. The minimum Gasteiger partial charge on any atom is -0.303 e. The van der Waals surface area contributed by atoms with E-state index >= 15 is 0 Å². The van der Waals surface area contributed by atoms with Gasteiger partial charge in [-0.25, -0.2) is 0 Å². The van der Waals surface area contributed by atoms with Crippen LogP contribution >= 0.6 is 0 Å². The molecule has 3 heteroatoms. The molecular formula is C57H68O2Si. The van der Waals surface area contributed by atoms with Gasteiger partial charge in [-0.2, -0.15) is 0 Å². The van der Waals surface area contributed by atoms with E-state index in [0.717, 1.165) is 37.5 Å². The summed E-state index contributed by atoms with van der Waals surface area (Å²) in [6.07, 6.45) is 12.4. The van der Waals surface area contributed by atoms with Crippen LogP contribution < -0.4 is 10.4 Å². The number of carbonyl (C=O) groups excluding carboxylic acids is 2. The maximum Gasteiger partial charge on any atom is 0.133 e. The summed E-state index contributed by atoms with van der Waals surface area (Å²) in [6.45, 7) is 17.1. The molecule has 0 bridgehead atoms. The molecule has 1 fully saturated rings. The zero-order valence-corrected chi connectivity index (χ0v) is 37.7. The average Bonchev–Trinajstić information content (AvgIpc) is 3.70. The van der Waals surface area contributed by atoms with Gasteiger partial charge in [0.25, 0.3) is 0 Å². The molecule has 0 amide bonds. The Bertz CT molecular complexity index is 1890. The summed E-state index contributed by atoms with van der Waals surface area (Å²) in [6, 6.07) is 64.8. The van der Waals surface area contributed by atoms with Crippen LogP contribution in [0.25, 0.3) is 12.2 Å². The van der Waals surface area contributed by atoms with Crippen LogP contribution in [-0.2, 0) is 22.4 Å². The zero-order valence-electron chi connectivity index (χ0n) is 36.5. The molecular weight excluding hydrogens is 745 g/mol. The Balaban J connectivity index is 0.000000268. The number of hydrogen-bond acceptors (Lipinski definition) is 2. The van der Waals surface area contributed by atoms with Crippen molar-refractivity contribution in [2.75, 3.05) is 0 Å². The lowest BCUT2D eigenvalue weighted by Crippen LogP contribution is -2.42. The summed E-state index contributed by atoms with van der Waals surface area (Å²) < 4.78 is 0. The number of aldehydes is 1. The zero-order chi connectivity index (χ0) is 43.5. The minimum absolute atomic E-state index is 0.451. The van der Waals surface area contributed by atoms with Crippen molar-refractivity contribution in [1.82, 2.24) is 0 Å². The fraction of sp³-hybridized carbons (Fsp3) is 0.228. The van der Waals surface area contributed by atoms with Crippen LogP contribution in [0, 0.1) is 5.92 Å². The van der Waals surface area contributed by atoms with Gasteiger partial charge in [-0.15, -0.1) is 6.58 Å². The molecule has 2 nitrogen and oxygen atoms in total. The molecule has 0 N–H and O–H groups in total. The first-order valence-electron chi connectivity index (χ1n) is 21.4. The molecule has 60 heavy (non-hydrogen) atoms. The van der Waals surface area contributed by atoms with Gasteiger partial charge >= 0.3 is 0 Å². The van der Waals surface area contributed by atoms with Crippen LogP contribution in [0.5, 0.6) is 0 Å². The van der Waals surface area contributed by atoms with E-state index in [2.05, 4.69) is 155 Å². The summed E-state index contributed by atoms with van der Waals surface area (Å²) >= 11 is 0. The summed E-state index contributed by atoms with van der Waals surface area (Å²) in [5.41, 5.74) is 6.31. The van der Waals surface area contributed by atoms with Crippen LogP contribution in [0.3, 0.4) is 0 Å². The van der Waals surface area contributed by atoms with E-state index in [1.165, 1.54) is 47.6 Å². The maximum absolute atomic E-state index is 10.5. The fourth-order valence-electron chi connectivity index (χ4n) is 6.27. The van der Waals surface area contributed by atoms with E-state index in [0.29, 0.717) is 18.1 Å². The van der Waals surface area contributed by atoms with Crippen molar-refractivity contribution in [2.24, 2.45) is 5.92 Å². The molecule has 1 atom stereocenters. The van der Waals surface area contributed by atoms with Gasteiger partial charge in [-0.1, -0.05) is 244 Å². The van der Waals surface area contributed by atoms with E-state index in [9.17, 15) is 9.59 Å². The summed E-state index contributed by atoms with van der Waals surface area (Å²) in [4.78, 5) is 20.1. The third-order valence-electron chi connectivity index (χ3n) is 9.60. The molecule has 0 saturated heterocycles. The van der Waals surface area contributed by atoms with E-state index in [4.69, 9.17) is 0 Å². The van der Waals surface area contributed by atoms with Crippen LogP contribution in [0.2, 0.25) is 6.04 Å². The SMILES string of the molecule is C=C(C)CCC=O.C=Cc1ccccc1.C=Cc1ccccc1.CC1CCC(=O)C1.CCCc1ccccc1.c1ccc(CC[SiH](c2ccccc2)c2ccccc2)cc1. The topological polar surface area (TPSA) is 34.1 Å². The molecule has 0 spiro atoms. The standard InChI is InChI=1S/C20H20Si.C9H12.2C8H8.2C6H10O/c1-4-10-18(11-5-1)16-17-21(19-12-6-2-7-13-19)20-14-8-3-9-15-20;1-2-6-9-7-4-3-5-8-9;2*1-2-8-6-4-3-5-7-8;1-5-2-3-6(7)4-5;1-6(2)4-3-5-7/h1-15,21H,16-17H2;3-5,7-8H,2,6H2,1H3;2*2-7H,1H2;5H,2-4H2,1H3;5H,1,3-4H2,2H3. The Kier molecular flexibility index (Phi) is 27.6. The van der Waals surface area contributed by atoms with Crippen molar-refractivity contribution in [2.45, 2.75) is 78.2 Å². The number of ketones is 1. The van der Waals surface area contributed by atoms with Crippen LogP contribution in [0.1, 0.15) is 81.5 Å². The molecule has 0 aliphatic heterocycles. The van der Waals surface area contributed by atoms with Gasteiger partial charge in [-0.3, -0.25) is 4.79 Å². The van der Waals surface area contributed by atoms with Crippen molar-refractivity contribution in [3.8, 4) is 0 Å². The molecule has 6 aromatic carbocycles. The second-order valence-electron chi connectivity index (χ2n) is 14.9. The highest BCUT2D eigenvalue weighted by molar-refractivity contribution is 6.85. The van der Waals surface area contributed by atoms with Crippen molar-refractivity contribution in [1.29, 1.82) is 0 Å². The molecule has 0 heterocycles. The summed E-state index contributed by atoms with van der Waals surface area (Å²) in [5.74, 6) is 1.12. The van der Waals surface area contributed by atoms with E-state index in [1.54, 1.807) is 10.4 Å². The Labute approximate surface area is 365 Å². The van der Waals surface area contributed by atoms with Gasteiger partial charge in [0.15, 0.2) is 0 Å². The maximum atomic E-state index is 10.5. The molecule has 312 valence electrons. The van der Waals surface area contributed by atoms with E-state index in [-0.39, 0.29) is 0 Å². The van der Waals surface area contributed by atoms with Crippen molar-refractivity contribution < 1.29 is 9.59 Å². The van der Waals surface area contributed by atoms with Crippen LogP contribution in [0.15, 0.2) is 207 Å². The highest BCUT2D eigenvalue weighted by Gasteiger charge is 2.17. The van der Waals surface area contributed by atoms with Crippen molar-refractivity contribution >= 4 is 43.4 Å². The first kappa shape index (κ1) is 50.2. The molecule has 1 aliphatic carbocycles. The third-order valence-corrected chi connectivity index (χ3v) is 12.8. The van der Waals surface area contributed by atoms with Gasteiger partial charge in [0, 0.05) is 19.3 Å². The van der Waals surface area contributed by atoms with Gasteiger partial charge in [0.05, 0.1) is 0 Å². The molecule has 1 saturated carbocycles. The summed E-state index contributed by atoms with van der Waals surface area (Å²) in [5, 5.41) is 3.08. The van der Waals surface area contributed by atoms with Gasteiger partial charge in [0.1, 0.15) is 20.9 Å². The Morgan fingerprint density at radius 1 is 0.617 bits per heavy atom. The van der Waals surface area contributed by atoms with Gasteiger partial charge < -0.3 is 4.79 Å². The minimum atomic E-state index is -1.12. The smallest absolute Gasteiger partial charge is 0.133 e. The monoisotopic (exact) mass is 812 g/mol. The largest absolute Gasteiger partial charge is 0.303 e. The Hall–Kier alpha value is -5.90. The highest BCUT2D eigenvalue weighted by Crippen LogP contribution is 2.20. The lowest BCUT2D eigenvalue weighted by atomic mass is 10.1. The van der Waals surface area contributed by atoms with E-state index < -0.39 is 8.80 Å². The second-order valence-corrected chi connectivity index (χ2v) is 17.9. The lowest BCUT2D eigenvalue weighted by Gasteiger charge is -2.16. The van der Waals surface area contributed by atoms with Gasteiger partial charge in [0.2, 0.25) is 0 Å². The predicted octanol–water partition coefficient (Wildman–Crippen LogP) is 13.5. The first-order chi connectivity index (χ1) is 29.3. The van der Waals surface area contributed by atoms with Crippen LogP contribution in [-0.4, -0.2) is 20.9 Å². The third kappa shape index (κ3) is 24.1. The van der Waals surface area contributed by atoms with Gasteiger partial charge in [-0.05, 0) is 66.8 Å². The molecule has 0 aromatic heterocycles. The Morgan fingerprint density at radius 3 is 1.27 bits per heavy atom. The number of aryl methyl sites for hydroxylation is 2. The second kappa shape index (κ2) is 33.0. The quantitative estimate of drug-likeness (QED) is 0.0701. The van der Waals surface area contributed by atoms with Crippen molar-refractivity contribution in [3.05, 3.63) is 230 Å². The summed E-state index contributed by atoms with van der Waals surface area (Å²) in [7, 11) is -1.12. The molecule has 6 aromatic rings. The number of hydrogen-bond donors (Lipinski definition) is 0. The molecule has 1 aliphatic rings. The van der Waals surface area contributed by atoms with Crippen LogP contribution in [0.4, 0.5) is 0 Å².